The molecule has 2 rings (SSSR count). The van der Waals surface area contributed by atoms with Gasteiger partial charge in [0.25, 0.3) is 0 Å². The summed E-state index contributed by atoms with van der Waals surface area (Å²) in [6.07, 6.45) is 0.0326. The second-order valence-electron chi connectivity index (χ2n) is 3.87. The second kappa shape index (κ2) is 5.67. The molecule has 0 bridgehead atoms. The van der Waals surface area contributed by atoms with Crippen LogP contribution in [0.5, 0.6) is 0 Å². The highest BCUT2D eigenvalue weighted by Crippen LogP contribution is 2.28. The topological polar surface area (TPSA) is 20.2 Å². The summed E-state index contributed by atoms with van der Waals surface area (Å²) in [5, 5.41) is 10.8. The molecule has 0 fully saturated rings. The predicted octanol–water partition coefficient (Wildman–Crippen LogP) is 4.38. The van der Waals surface area contributed by atoms with Gasteiger partial charge in [-0.25, -0.2) is 0 Å². The van der Waals surface area contributed by atoms with Crippen molar-refractivity contribution in [2.45, 2.75) is 12.5 Å². The first kappa shape index (κ1) is 12.6. The summed E-state index contributed by atoms with van der Waals surface area (Å²) < 4.78 is 0.880. The Morgan fingerprint density at radius 3 is 2.53 bits per heavy atom. The van der Waals surface area contributed by atoms with Crippen LogP contribution in [0.25, 0.3) is 0 Å². The fourth-order valence-electron chi connectivity index (χ4n) is 1.72. The Bertz CT molecular complexity index is 499. The van der Waals surface area contributed by atoms with Gasteiger partial charge in [-0.15, -0.1) is 0 Å². The first-order valence-electron chi connectivity index (χ1n) is 5.34. The van der Waals surface area contributed by atoms with Crippen LogP contribution in [0, 0.1) is 0 Å². The lowest BCUT2D eigenvalue weighted by Gasteiger charge is -2.13. The van der Waals surface area contributed by atoms with E-state index >= 15 is 0 Å². The number of hydrogen-bond donors (Lipinski definition) is 1. The number of hydrogen-bond acceptors (Lipinski definition) is 1. The molecule has 0 aliphatic heterocycles. The lowest BCUT2D eigenvalue weighted by Crippen LogP contribution is -2.02. The molecule has 2 aromatic rings. The first-order chi connectivity index (χ1) is 8.16. The maximum atomic E-state index is 10.2. The van der Waals surface area contributed by atoms with Crippen LogP contribution in [-0.2, 0) is 6.42 Å². The molecule has 17 heavy (non-hydrogen) atoms. The van der Waals surface area contributed by atoms with Crippen LogP contribution in [0.4, 0.5) is 0 Å². The zero-order valence-electron chi connectivity index (χ0n) is 9.11. The predicted molar refractivity (Wildman–Crippen MR) is 74.3 cm³/mol. The number of benzene rings is 2. The highest BCUT2D eigenvalue weighted by atomic mass is 79.9. The molecule has 3 heteroatoms. The molecule has 0 saturated heterocycles. The smallest absolute Gasteiger partial charge is 0.0841 e. The van der Waals surface area contributed by atoms with Gasteiger partial charge in [0, 0.05) is 15.9 Å². The van der Waals surface area contributed by atoms with E-state index in [-0.39, 0.29) is 0 Å². The molecule has 0 radical (unpaired) electrons. The Kier molecular flexibility index (Phi) is 4.21. The quantitative estimate of drug-likeness (QED) is 0.892. The molecule has 0 aliphatic rings. The molecule has 0 aromatic heterocycles. The van der Waals surface area contributed by atoms with Gasteiger partial charge in [0.2, 0.25) is 0 Å². The maximum Gasteiger partial charge on any atom is 0.0841 e. The normalized spacial score (nSPS) is 12.4. The van der Waals surface area contributed by atoms with Crippen LogP contribution in [0.2, 0.25) is 5.02 Å². The standard InChI is InChI=1S/C14H12BrClO/c15-13-7-6-11(16)9-12(13)14(17)8-10-4-2-1-3-5-10/h1-7,9,14,17H,8H2. The van der Waals surface area contributed by atoms with E-state index in [4.69, 9.17) is 11.6 Å². The van der Waals surface area contributed by atoms with Crippen molar-refractivity contribution in [3.8, 4) is 0 Å². The molecule has 1 nitrogen and oxygen atoms in total. The molecular formula is C14H12BrClO. The molecule has 0 aliphatic carbocycles. The maximum absolute atomic E-state index is 10.2. The van der Waals surface area contributed by atoms with Crippen molar-refractivity contribution in [2.75, 3.05) is 0 Å². The average Bonchev–Trinajstić information content (AvgIpc) is 2.33. The van der Waals surface area contributed by atoms with E-state index in [1.165, 1.54) is 0 Å². The molecule has 0 heterocycles. The minimum absolute atomic E-state index is 0.550. The highest BCUT2D eigenvalue weighted by molar-refractivity contribution is 9.10. The Labute approximate surface area is 114 Å². The summed E-state index contributed by atoms with van der Waals surface area (Å²) in [6, 6.07) is 15.3. The molecule has 1 atom stereocenters. The van der Waals surface area contributed by atoms with Crippen molar-refractivity contribution >= 4 is 27.5 Å². The molecule has 2 aromatic carbocycles. The van der Waals surface area contributed by atoms with Gasteiger partial charge in [0.1, 0.15) is 0 Å². The van der Waals surface area contributed by atoms with Gasteiger partial charge < -0.3 is 5.11 Å². The van der Waals surface area contributed by atoms with Crippen LogP contribution in [0.15, 0.2) is 53.0 Å². The molecule has 1 N–H and O–H groups in total. The van der Waals surface area contributed by atoms with Gasteiger partial charge in [-0.1, -0.05) is 57.9 Å². The third kappa shape index (κ3) is 3.32. The van der Waals surface area contributed by atoms with Gasteiger partial charge in [-0.3, -0.25) is 0 Å². The zero-order chi connectivity index (χ0) is 12.3. The lowest BCUT2D eigenvalue weighted by atomic mass is 10.0. The zero-order valence-corrected chi connectivity index (χ0v) is 11.4. The summed E-state index contributed by atoms with van der Waals surface area (Å²) in [5.74, 6) is 0. The molecule has 1 unspecified atom stereocenters. The Morgan fingerprint density at radius 2 is 1.82 bits per heavy atom. The van der Waals surface area contributed by atoms with E-state index in [2.05, 4.69) is 15.9 Å². The number of halogens is 2. The average molecular weight is 312 g/mol. The largest absolute Gasteiger partial charge is 0.388 e. The van der Waals surface area contributed by atoms with Crippen LogP contribution in [0.1, 0.15) is 17.2 Å². The third-order valence-electron chi connectivity index (χ3n) is 2.59. The van der Waals surface area contributed by atoms with Crippen molar-refractivity contribution in [3.05, 3.63) is 69.2 Å². The number of rotatable bonds is 3. The monoisotopic (exact) mass is 310 g/mol. The van der Waals surface area contributed by atoms with Gasteiger partial charge in [-0.2, -0.15) is 0 Å². The van der Waals surface area contributed by atoms with Gasteiger partial charge >= 0.3 is 0 Å². The number of aliphatic hydroxyl groups is 1. The fourth-order valence-corrected chi connectivity index (χ4v) is 2.41. The van der Waals surface area contributed by atoms with E-state index in [1.807, 2.05) is 36.4 Å². The van der Waals surface area contributed by atoms with Crippen LogP contribution >= 0.6 is 27.5 Å². The molecule has 0 amide bonds. The first-order valence-corrected chi connectivity index (χ1v) is 6.51. The van der Waals surface area contributed by atoms with Crippen LogP contribution < -0.4 is 0 Å². The third-order valence-corrected chi connectivity index (χ3v) is 3.55. The van der Waals surface area contributed by atoms with E-state index in [0.717, 1.165) is 15.6 Å². The van der Waals surface area contributed by atoms with Crippen molar-refractivity contribution in [1.29, 1.82) is 0 Å². The van der Waals surface area contributed by atoms with E-state index < -0.39 is 6.10 Å². The summed E-state index contributed by atoms with van der Waals surface area (Å²) in [4.78, 5) is 0. The van der Waals surface area contributed by atoms with Crippen molar-refractivity contribution in [3.63, 3.8) is 0 Å². The van der Waals surface area contributed by atoms with Gasteiger partial charge in [0.15, 0.2) is 0 Å². The Morgan fingerprint density at radius 1 is 1.12 bits per heavy atom. The van der Waals surface area contributed by atoms with Crippen molar-refractivity contribution in [2.24, 2.45) is 0 Å². The molecular weight excluding hydrogens is 300 g/mol. The molecule has 0 spiro atoms. The minimum atomic E-state index is -0.550. The van der Waals surface area contributed by atoms with E-state index in [9.17, 15) is 5.11 Å². The minimum Gasteiger partial charge on any atom is -0.388 e. The van der Waals surface area contributed by atoms with Crippen molar-refractivity contribution in [1.82, 2.24) is 0 Å². The Hall–Kier alpha value is -0.830. The summed E-state index contributed by atoms with van der Waals surface area (Å²) in [5.41, 5.74) is 1.92. The summed E-state index contributed by atoms with van der Waals surface area (Å²) >= 11 is 9.36. The highest BCUT2D eigenvalue weighted by Gasteiger charge is 2.12. The van der Waals surface area contributed by atoms with E-state index in [0.29, 0.717) is 11.4 Å². The van der Waals surface area contributed by atoms with Crippen molar-refractivity contribution < 1.29 is 5.11 Å². The van der Waals surface area contributed by atoms with Gasteiger partial charge in [0.05, 0.1) is 6.10 Å². The van der Waals surface area contributed by atoms with Crippen LogP contribution in [0.3, 0.4) is 0 Å². The number of aliphatic hydroxyl groups excluding tert-OH is 1. The van der Waals surface area contributed by atoms with E-state index in [1.54, 1.807) is 12.1 Å². The molecule has 88 valence electrons. The van der Waals surface area contributed by atoms with Gasteiger partial charge in [-0.05, 0) is 29.3 Å². The summed E-state index contributed by atoms with van der Waals surface area (Å²) in [7, 11) is 0. The fraction of sp³-hybridized carbons (Fsp3) is 0.143. The summed E-state index contributed by atoms with van der Waals surface area (Å²) in [6.45, 7) is 0. The Balaban J connectivity index is 2.20. The molecule has 0 saturated carbocycles. The SMILES string of the molecule is OC(Cc1ccccc1)c1cc(Cl)ccc1Br. The lowest BCUT2D eigenvalue weighted by molar-refractivity contribution is 0.177. The van der Waals surface area contributed by atoms with Crippen LogP contribution in [-0.4, -0.2) is 5.11 Å². The second-order valence-corrected chi connectivity index (χ2v) is 5.16.